The molecule has 0 bridgehead atoms. The highest BCUT2D eigenvalue weighted by molar-refractivity contribution is 5.96. The molecule has 31 heavy (non-hydrogen) atoms. The molecule has 1 aromatic heterocycles. The van der Waals surface area contributed by atoms with Gasteiger partial charge in [-0.3, -0.25) is 14.4 Å². The van der Waals surface area contributed by atoms with Crippen molar-refractivity contribution in [1.82, 2.24) is 14.7 Å². The van der Waals surface area contributed by atoms with E-state index in [0.29, 0.717) is 37.3 Å². The predicted molar refractivity (Wildman–Crippen MR) is 117 cm³/mol. The maximum atomic E-state index is 12.7. The van der Waals surface area contributed by atoms with Crippen LogP contribution in [0, 0.1) is 12.8 Å². The van der Waals surface area contributed by atoms with Crippen molar-refractivity contribution in [2.24, 2.45) is 5.92 Å². The number of carbonyl (C=O) groups excluding carboxylic acids is 3. The van der Waals surface area contributed by atoms with Gasteiger partial charge in [-0.1, -0.05) is 18.2 Å². The van der Waals surface area contributed by atoms with Gasteiger partial charge in [0.2, 0.25) is 0 Å². The number of hydrogen-bond donors (Lipinski definition) is 1. The van der Waals surface area contributed by atoms with E-state index in [4.69, 9.17) is 4.74 Å². The molecule has 3 rings (SSSR count). The Morgan fingerprint density at radius 2 is 1.77 bits per heavy atom. The summed E-state index contributed by atoms with van der Waals surface area (Å²) in [4.78, 5) is 39.5. The van der Waals surface area contributed by atoms with Crippen LogP contribution in [0.1, 0.15) is 55.6 Å². The summed E-state index contributed by atoms with van der Waals surface area (Å²) in [5, 5.41) is 6.93. The molecule has 1 aliphatic heterocycles. The highest BCUT2D eigenvalue weighted by atomic mass is 16.5. The Bertz CT molecular complexity index is 945. The maximum absolute atomic E-state index is 12.7. The third kappa shape index (κ3) is 5.31. The number of carbonyl (C=O) groups is 3. The van der Waals surface area contributed by atoms with E-state index in [1.165, 1.54) is 0 Å². The van der Waals surface area contributed by atoms with E-state index in [2.05, 4.69) is 10.4 Å². The summed E-state index contributed by atoms with van der Waals surface area (Å²) in [6.07, 6.45) is 1.73. The summed E-state index contributed by atoms with van der Waals surface area (Å²) in [6.45, 7) is 8.37. The second kappa shape index (κ2) is 9.76. The lowest BCUT2D eigenvalue weighted by molar-refractivity contribution is -0.158. The standard InChI is InChI=1S/C23H30N4O4/c1-15(2)27-20(9-12-24-27)25-21(28)17(4)31-23(30)18-10-13-26(14-11-18)22(29)19-8-6-5-7-16(19)3/h5-9,12,15,17-18H,10-11,13-14H2,1-4H3,(H,25,28)/t17-/m1/s1. The molecular weight excluding hydrogens is 396 g/mol. The molecule has 0 aliphatic carbocycles. The van der Waals surface area contributed by atoms with Gasteiger partial charge in [-0.2, -0.15) is 5.10 Å². The van der Waals surface area contributed by atoms with Gasteiger partial charge in [0.05, 0.1) is 12.1 Å². The van der Waals surface area contributed by atoms with Crippen LogP contribution in [-0.4, -0.2) is 51.7 Å². The minimum atomic E-state index is -0.922. The minimum Gasteiger partial charge on any atom is -0.452 e. The number of aryl methyl sites for hydroxylation is 1. The number of benzene rings is 1. The summed E-state index contributed by atoms with van der Waals surface area (Å²) < 4.78 is 7.10. The average Bonchev–Trinajstić information content (AvgIpc) is 3.22. The number of rotatable bonds is 6. The van der Waals surface area contributed by atoms with Gasteiger partial charge in [-0.25, -0.2) is 4.68 Å². The lowest BCUT2D eigenvalue weighted by Gasteiger charge is -2.31. The second-order valence-corrected chi connectivity index (χ2v) is 8.20. The van der Waals surface area contributed by atoms with Gasteiger partial charge in [0, 0.05) is 30.8 Å². The molecule has 2 aromatic rings. The number of esters is 1. The first kappa shape index (κ1) is 22.5. The zero-order valence-corrected chi connectivity index (χ0v) is 18.5. The first-order valence-corrected chi connectivity index (χ1v) is 10.7. The van der Waals surface area contributed by atoms with Crippen LogP contribution in [-0.2, 0) is 14.3 Å². The van der Waals surface area contributed by atoms with Gasteiger partial charge in [-0.05, 0) is 52.2 Å². The fraction of sp³-hybridized carbons (Fsp3) is 0.478. The molecule has 1 atom stereocenters. The SMILES string of the molecule is Cc1ccccc1C(=O)N1CCC(C(=O)O[C@H](C)C(=O)Nc2ccnn2C(C)C)CC1. The van der Waals surface area contributed by atoms with Crippen LogP contribution < -0.4 is 5.32 Å². The number of nitrogens with zero attached hydrogens (tertiary/aromatic N) is 3. The van der Waals surface area contributed by atoms with Gasteiger partial charge in [0.25, 0.3) is 11.8 Å². The molecule has 2 amide bonds. The Morgan fingerprint density at radius 3 is 2.42 bits per heavy atom. The third-order valence-corrected chi connectivity index (χ3v) is 5.56. The molecule has 1 saturated heterocycles. The maximum Gasteiger partial charge on any atom is 0.309 e. The molecule has 8 heteroatoms. The highest BCUT2D eigenvalue weighted by Gasteiger charge is 2.31. The summed E-state index contributed by atoms with van der Waals surface area (Å²) in [6, 6.07) is 9.29. The van der Waals surface area contributed by atoms with E-state index in [9.17, 15) is 14.4 Å². The van der Waals surface area contributed by atoms with Crippen LogP contribution in [0.25, 0.3) is 0 Å². The Hall–Kier alpha value is -3.16. The average molecular weight is 427 g/mol. The van der Waals surface area contributed by atoms with E-state index < -0.39 is 18.0 Å². The minimum absolute atomic E-state index is 0.0144. The lowest BCUT2D eigenvalue weighted by atomic mass is 9.96. The van der Waals surface area contributed by atoms with E-state index in [-0.39, 0.29) is 17.9 Å². The third-order valence-electron chi connectivity index (χ3n) is 5.56. The summed E-state index contributed by atoms with van der Waals surface area (Å²) in [5.74, 6) is -0.575. The number of piperidine rings is 1. The number of anilines is 1. The van der Waals surface area contributed by atoms with Crippen LogP contribution in [0.3, 0.4) is 0 Å². The number of nitrogens with one attached hydrogen (secondary N) is 1. The molecule has 166 valence electrons. The Morgan fingerprint density at radius 1 is 1.10 bits per heavy atom. The Balaban J connectivity index is 1.50. The highest BCUT2D eigenvalue weighted by Crippen LogP contribution is 2.22. The summed E-state index contributed by atoms with van der Waals surface area (Å²) in [7, 11) is 0. The molecule has 1 aromatic carbocycles. The van der Waals surface area contributed by atoms with E-state index >= 15 is 0 Å². The quantitative estimate of drug-likeness (QED) is 0.716. The molecule has 0 unspecified atom stereocenters. The van der Waals surface area contributed by atoms with Crippen LogP contribution in [0.15, 0.2) is 36.5 Å². The zero-order valence-electron chi connectivity index (χ0n) is 18.5. The van der Waals surface area contributed by atoms with Gasteiger partial charge >= 0.3 is 5.97 Å². The predicted octanol–water partition coefficient (Wildman–Crippen LogP) is 3.20. The fourth-order valence-corrected chi connectivity index (χ4v) is 3.68. The number of amides is 2. The normalized spacial score (nSPS) is 15.6. The van der Waals surface area contributed by atoms with Crippen molar-refractivity contribution in [3.63, 3.8) is 0 Å². The number of ether oxygens (including phenoxy) is 1. The summed E-state index contributed by atoms with van der Waals surface area (Å²) >= 11 is 0. The van der Waals surface area contributed by atoms with Gasteiger partial charge in [0.1, 0.15) is 5.82 Å². The van der Waals surface area contributed by atoms with Crippen LogP contribution in [0.4, 0.5) is 5.82 Å². The van der Waals surface area contributed by atoms with Crippen molar-refractivity contribution in [3.8, 4) is 0 Å². The van der Waals surface area contributed by atoms with E-state index in [1.807, 2.05) is 45.0 Å². The number of aromatic nitrogens is 2. The smallest absolute Gasteiger partial charge is 0.309 e. The first-order valence-electron chi connectivity index (χ1n) is 10.7. The second-order valence-electron chi connectivity index (χ2n) is 8.20. The van der Waals surface area contributed by atoms with Gasteiger partial charge < -0.3 is 15.0 Å². The lowest BCUT2D eigenvalue weighted by Crippen LogP contribution is -2.42. The molecule has 0 radical (unpaired) electrons. The Labute approximate surface area is 182 Å². The number of likely N-dealkylation sites (tertiary alicyclic amines) is 1. The van der Waals surface area contributed by atoms with Crippen molar-refractivity contribution in [2.75, 3.05) is 18.4 Å². The molecule has 8 nitrogen and oxygen atoms in total. The van der Waals surface area contributed by atoms with Crippen molar-refractivity contribution >= 4 is 23.6 Å². The molecular formula is C23H30N4O4. The zero-order chi connectivity index (χ0) is 22.5. The van der Waals surface area contributed by atoms with E-state index in [1.54, 1.807) is 28.8 Å². The molecule has 1 fully saturated rings. The van der Waals surface area contributed by atoms with E-state index in [0.717, 1.165) is 5.56 Å². The molecule has 0 spiro atoms. The van der Waals surface area contributed by atoms with Crippen molar-refractivity contribution < 1.29 is 19.1 Å². The van der Waals surface area contributed by atoms with Crippen LogP contribution in [0.5, 0.6) is 0 Å². The topological polar surface area (TPSA) is 93.5 Å². The molecule has 1 N–H and O–H groups in total. The van der Waals surface area contributed by atoms with Crippen LogP contribution >= 0.6 is 0 Å². The largest absolute Gasteiger partial charge is 0.452 e. The van der Waals surface area contributed by atoms with Crippen molar-refractivity contribution in [3.05, 3.63) is 47.7 Å². The van der Waals surface area contributed by atoms with Crippen molar-refractivity contribution in [2.45, 2.75) is 52.7 Å². The molecule has 2 heterocycles. The van der Waals surface area contributed by atoms with Gasteiger partial charge in [-0.15, -0.1) is 0 Å². The molecule has 0 saturated carbocycles. The Kier molecular flexibility index (Phi) is 7.09. The molecule has 1 aliphatic rings. The van der Waals surface area contributed by atoms with Gasteiger partial charge in [0.15, 0.2) is 6.10 Å². The summed E-state index contributed by atoms with van der Waals surface area (Å²) in [5.41, 5.74) is 1.63. The monoisotopic (exact) mass is 426 g/mol. The first-order chi connectivity index (χ1) is 14.8. The number of hydrogen-bond acceptors (Lipinski definition) is 5. The van der Waals surface area contributed by atoms with Crippen LogP contribution in [0.2, 0.25) is 0 Å². The fourth-order valence-electron chi connectivity index (χ4n) is 3.68. The van der Waals surface area contributed by atoms with Crippen molar-refractivity contribution in [1.29, 1.82) is 0 Å².